The molecule has 2 aliphatic heterocycles. The second-order valence-corrected chi connectivity index (χ2v) is 8.66. The van der Waals surface area contributed by atoms with Gasteiger partial charge in [-0.3, -0.25) is 14.5 Å². The van der Waals surface area contributed by atoms with Crippen LogP contribution in [0.25, 0.3) is 0 Å². The SMILES string of the molecule is CC(C)(C)OC(=O)N1CCCCC1C(=O)NC1CC(=O)OC1OCc1ccccc1. The van der Waals surface area contributed by atoms with Crippen molar-refractivity contribution in [3.63, 3.8) is 0 Å². The van der Waals surface area contributed by atoms with Crippen molar-refractivity contribution in [1.29, 1.82) is 0 Å². The summed E-state index contributed by atoms with van der Waals surface area (Å²) < 4.78 is 16.4. The van der Waals surface area contributed by atoms with E-state index in [4.69, 9.17) is 14.2 Å². The number of piperidine rings is 1. The summed E-state index contributed by atoms with van der Waals surface area (Å²) >= 11 is 0. The van der Waals surface area contributed by atoms with E-state index < -0.39 is 36.0 Å². The van der Waals surface area contributed by atoms with Gasteiger partial charge in [-0.25, -0.2) is 4.79 Å². The number of esters is 1. The molecule has 0 bridgehead atoms. The molecule has 0 radical (unpaired) electrons. The van der Waals surface area contributed by atoms with E-state index in [-0.39, 0.29) is 18.9 Å². The molecular weight excluding hydrogens is 388 g/mol. The maximum Gasteiger partial charge on any atom is 0.410 e. The minimum atomic E-state index is -0.861. The minimum absolute atomic E-state index is 0.0321. The minimum Gasteiger partial charge on any atom is -0.444 e. The van der Waals surface area contributed by atoms with Gasteiger partial charge in [0.1, 0.15) is 17.7 Å². The quantitative estimate of drug-likeness (QED) is 0.739. The van der Waals surface area contributed by atoms with Crippen LogP contribution in [0.1, 0.15) is 52.0 Å². The van der Waals surface area contributed by atoms with E-state index >= 15 is 0 Å². The third-order valence-corrected chi connectivity index (χ3v) is 4.98. The first-order valence-electron chi connectivity index (χ1n) is 10.4. The van der Waals surface area contributed by atoms with Gasteiger partial charge in [0.2, 0.25) is 12.2 Å². The van der Waals surface area contributed by atoms with Crippen LogP contribution >= 0.6 is 0 Å². The Bertz CT molecular complexity index is 761. The first kappa shape index (κ1) is 22.1. The average molecular weight is 418 g/mol. The van der Waals surface area contributed by atoms with Crippen LogP contribution in [0, 0.1) is 0 Å². The van der Waals surface area contributed by atoms with Gasteiger partial charge in [0, 0.05) is 6.54 Å². The molecule has 8 heteroatoms. The van der Waals surface area contributed by atoms with Crippen LogP contribution in [-0.4, -0.2) is 53.4 Å². The smallest absolute Gasteiger partial charge is 0.410 e. The molecule has 0 aromatic heterocycles. The second-order valence-electron chi connectivity index (χ2n) is 8.66. The monoisotopic (exact) mass is 418 g/mol. The number of amides is 2. The highest BCUT2D eigenvalue weighted by Crippen LogP contribution is 2.23. The zero-order valence-corrected chi connectivity index (χ0v) is 17.8. The van der Waals surface area contributed by atoms with Gasteiger partial charge in [0.25, 0.3) is 0 Å². The van der Waals surface area contributed by atoms with Gasteiger partial charge >= 0.3 is 12.1 Å². The Labute approximate surface area is 176 Å². The van der Waals surface area contributed by atoms with E-state index in [0.29, 0.717) is 13.0 Å². The van der Waals surface area contributed by atoms with Crippen molar-refractivity contribution in [3.05, 3.63) is 35.9 Å². The number of carbonyl (C=O) groups excluding carboxylic acids is 3. The lowest BCUT2D eigenvalue weighted by atomic mass is 10.0. The van der Waals surface area contributed by atoms with Gasteiger partial charge in [0.15, 0.2) is 0 Å². The summed E-state index contributed by atoms with van der Waals surface area (Å²) in [7, 11) is 0. The van der Waals surface area contributed by atoms with Crippen molar-refractivity contribution in [1.82, 2.24) is 10.2 Å². The Kier molecular flexibility index (Phi) is 6.97. The lowest BCUT2D eigenvalue weighted by Crippen LogP contribution is -2.55. The topological polar surface area (TPSA) is 94.2 Å². The van der Waals surface area contributed by atoms with Crippen LogP contribution in [0.15, 0.2) is 30.3 Å². The number of carbonyl (C=O) groups is 3. The largest absolute Gasteiger partial charge is 0.444 e. The zero-order chi connectivity index (χ0) is 21.7. The maximum atomic E-state index is 13.0. The standard InChI is InChI=1S/C22H30N2O6/c1-22(2,3)30-21(27)24-12-8-7-11-17(24)19(26)23-16-13-18(25)29-20(16)28-14-15-9-5-4-6-10-15/h4-6,9-10,16-17,20H,7-8,11-14H2,1-3H3,(H,23,26). The van der Waals surface area contributed by atoms with E-state index in [1.165, 1.54) is 4.90 Å². The van der Waals surface area contributed by atoms with Gasteiger partial charge < -0.3 is 19.5 Å². The highest BCUT2D eigenvalue weighted by molar-refractivity contribution is 5.87. The fourth-order valence-electron chi connectivity index (χ4n) is 3.58. The molecule has 0 aliphatic carbocycles. The first-order valence-corrected chi connectivity index (χ1v) is 10.4. The number of cyclic esters (lactones) is 1. The Morgan fingerprint density at radius 1 is 1.20 bits per heavy atom. The summed E-state index contributed by atoms with van der Waals surface area (Å²) in [6.45, 7) is 6.10. The van der Waals surface area contributed by atoms with Gasteiger partial charge in [-0.15, -0.1) is 0 Å². The molecule has 8 nitrogen and oxygen atoms in total. The number of likely N-dealkylation sites (tertiary alicyclic amines) is 1. The third kappa shape index (κ3) is 5.95. The molecule has 1 aromatic carbocycles. The maximum absolute atomic E-state index is 13.0. The van der Waals surface area contributed by atoms with Crippen LogP contribution < -0.4 is 5.32 Å². The summed E-state index contributed by atoms with van der Waals surface area (Å²) in [5.41, 5.74) is 0.298. The number of hydrogen-bond donors (Lipinski definition) is 1. The number of nitrogens with one attached hydrogen (secondary N) is 1. The van der Waals surface area contributed by atoms with E-state index in [9.17, 15) is 14.4 Å². The van der Waals surface area contributed by atoms with Gasteiger partial charge in [-0.05, 0) is 45.6 Å². The van der Waals surface area contributed by atoms with Crippen molar-refractivity contribution < 1.29 is 28.6 Å². The van der Waals surface area contributed by atoms with Crippen molar-refractivity contribution in [3.8, 4) is 0 Å². The van der Waals surface area contributed by atoms with E-state index in [1.807, 2.05) is 30.3 Å². The normalized spacial score (nSPS) is 24.3. The number of nitrogens with zero attached hydrogens (tertiary/aromatic N) is 1. The van der Waals surface area contributed by atoms with E-state index in [1.54, 1.807) is 20.8 Å². The zero-order valence-electron chi connectivity index (χ0n) is 17.8. The molecule has 2 amide bonds. The van der Waals surface area contributed by atoms with Crippen LogP contribution in [0.2, 0.25) is 0 Å². The number of ether oxygens (including phenoxy) is 3. The molecule has 3 unspecified atom stereocenters. The fourth-order valence-corrected chi connectivity index (χ4v) is 3.58. The molecular formula is C22H30N2O6. The number of rotatable bonds is 5. The molecule has 3 atom stereocenters. The Balaban J connectivity index is 1.61. The molecule has 1 N–H and O–H groups in total. The first-order chi connectivity index (χ1) is 14.2. The molecule has 2 fully saturated rings. The summed E-state index contributed by atoms with van der Waals surface area (Å²) in [6, 6.07) is 8.27. The van der Waals surface area contributed by atoms with Crippen LogP contribution in [0.5, 0.6) is 0 Å². The molecule has 2 aliphatic rings. The highest BCUT2D eigenvalue weighted by atomic mass is 16.7. The van der Waals surface area contributed by atoms with Crippen molar-refractivity contribution >= 4 is 18.0 Å². The van der Waals surface area contributed by atoms with Crippen LogP contribution in [0.3, 0.4) is 0 Å². The fraction of sp³-hybridized carbons (Fsp3) is 0.591. The summed E-state index contributed by atoms with van der Waals surface area (Å²) in [6.07, 6.45) is 0.868. The van der Waals surface area contributed by atoms with E-state index in [2.05, 4.69) is 5.32 Å². The summed E-state index contributed by atoms with van der Waals surface area (Å²) in [5, 5.41) is 2.85. The van der Waals surface area contributed by atoms with Crippen molar-refractivity contribution in [2.45, 2.75) is 77.0 Å². The molecule has 2 heterocycles. The van der Waals surface area contributed by atoms with Crippen molar-refractivity contribution in [2.75, 3.05) is 6.54 Å². The lowest BCUT2D eigenvalue weighted by Gasteiger charge is -2.36. The highest BCUT2D eigenvalue weighted by Gasteiger charge is 2.40. The predicted molar refractivity (Wildman–Crippen MR) is 108 cm³/mol. The molecule has 0 spiro atoms. The van der Waals surface area contributed by atoms with Gasteiger partial charge in [0.05, 0.1) is 13.0 Å². The second kappa shape index (κ2) is 9.47. The molecule has 30 heavy (non-hydrogen) atoms. The van der Waals surface area contributed by atoms with Gasteiger partial charge in [-0.1, -0.05) is 30.3 Å². The van der Waals surface area contributed by atoms with Crippen molar-refractivity contribution in [2.24, 2.45) is 0 Å². The van der Waals surface area contributed by atoms with Crippen LogP contribution in [-0.2, 0) is 30.4 Å². The third-order valence-electron chi connectivity index (χ3n) is 4.98. The predicted octanol–water partition coefficient (Wildman–Crippen LogP) is 2.75. The number of benzene rings is 1. The summed E-state index contributed by atoms with van der Waals surface area (Å²) in [5.74, 6) is -0.747. The lowest BCUT2D eigenvalue weighted by molar-refractivity contribution is -0.168. The molecule has 3 rings (SSSR count). The molecule has 0 saturated carbocycles. The molecule has 2 saturated heterocycles. The number of hydrogen-bond acceptors (Lipinski definition) is 6. The van der Waals surface area contributed by atoms with E-state index in [0.717, 1.165) is 18.4 Å². The molecule has 1 aromatic rings. The van der Waals surface area contributed by atoms with Crippen LogP contribution in [0.4, 0.5) is 4.79 Å². The molecule has 164 valence electrons. The Hall–Kier alpha value is -2.61. The Morgan fingerprint density at radius 2 is 1.93 bits per heavy atom. The Morgan fingerprint density at radius 3 is 2.63 bits per heavy atom. The summed E-state index contributed by atoms with van der Waals surface area (Å²) in [4.78, 5) is 38.8. The van der Waals surface area contributed by atoms with Gasteiger partial charge in [-0.2, -0.15) is 0 Å². The average Bonchev–Trinajstić information content (AvgIpc) is 3.05.